The van der Waals surface area contributed by atoms with Gasteiger partial charge in [0.1, 0.15) is 12.4 Å². The average Bonchev–Trinajstić information content (AvgIpc) is 3.06. The Bertz CT molecular complexity index is 725. The summed E-state index contributed by atoms with van der Waals surface area (Å²) in [4.78, 5) is 1.10. The van der Waals surface area contributed by atoms with E-state index in [9.17, 15) is 8.42 Å². The molecule has 1 unspecified atom stereocenters. The van der Waals surface area contributed by atoms with E-state index in [1.807, 2.05) is 24.3 Å². The van der Waals surface area contributed by atoms with Crippen LogP contribution in [-0.2, 0) is 16.6 Å². The van der Waals surface area contributed by atoms with Gasteiger partial charge in [-0.05, 0) is 12.1 Å². The largest absolute Gasteiger partial charge is 0.491 e. The Hall–Kier alpha value is -1.41. The molecule has 3 rings (SSSR count). The molecule has 0 radical (unpaired) electrons. The summed E-state index contributed by atoms with van der Waals surface area (Å²) in [7, 11) is -3.55. The molecule has 7 heteroatoms. The average molecular weight is 310 g/mol. The maximum atomic E-state index is 12.3. The van der Waals surface area contributed by atoms with Gasteiger partial charge in [-0.25, -0.2) is 13.1 Å². The molecule has 1 atom stereocenters. The van der Waals surface area contributed by atoms with Gasteiger partial charge in [0.05, 0.1) is 10.9 Å². The minimum absolute atomic E-state index is 0.257. The summed E-state index contributed by atoms with van der Waals surface area (Å²) in [5, 5.41) is 1.60. The third kappa shape index (κ3) is 2.45. The normalized spacial score (nSPS) is 17.8. The van der Waals surface area contributed by atoms with Crippen molar-refractivity contribution in [3.63, 3.8) is 0 Å². The number of thiophene rings is 1. The lowest BCUT2D eigenvalue weighted by molar-refractivity contribution is 0.325. The number of sulfonamides is 1. The lowest BCUT2D eigenvalue weighted by atomic mass is 10.1. The molecule has 20 heavy (non-hydrogen) atoms. The minimum Gasteiger partial charge on any atom is -0.491 e. The van der Waals surface area contributed by atoms with Gasteiger partial charge in [-0.1, -0.05) is 18.2 Å². The highest BCUT2D eigenvalue weighted by Gasteiger charge is 2.29. The molecule has 1 aromatic heterocycles. The third-order valence-corrected chi connectivity index (χ3v) is 5.70. The summed E-state index contributed by atoms with van der Waals surface area (Å²) in [5.74, 6) is 0.730. The Morgan fingerprint density at radius 1 is 1.40 bits per heavy atom. The van der Waals surface area contributed by atoms with Gasteiger partial charge in [0.2, 0.25) is 10.0 Å². The van der Waals surface area contributed by atoms with E-state index < -0.39 is 10.0 Å². The molecule has 0 fully saturated rings. The Kier molecular flexibility index (Phi) is 3.51. The second-order valence-corrected chi connectivity index (χ2v) is 7.19. The maximum Gasteiger partial charge on any atom is 0.242 e. The molecule has 2 heterocycles. The van der Waals surface area contributed by atoms with Crippen LogP contribution in [0.2, 0.25) is 0 Å². The highest BCUT2D eigenvalue weighted by atomic mass is 32.2. The molecule has 1 aliphatic rings. The number of ether oxygens (including phenoxy) is 1. The van der Waals surface area contributed by atoms with Gasteiger partial charge in [-0.3, -0.25) is 0 Å². The van der Waals surface area contributed by atoms with Crippen LogP contribution in [0, 0.1) is 0 Å². The van der Waals surface area contributed by atoms with E-state index in [4.69, 9.17) is 10.5 Å². The van der Waals surface area contributed by atoms with Crippen LogP contribution in [0.4, 0.5) is 0 Å². The zero-order valence-electron chi connectivity index (χ0n) is 10.6. The zero-order valence-corrected chi connectivity index (χ0v) is 12.2. The van der Waals surface area contributed by atoms with Gasteiger partial charge in [-0.2, -0.15) is 0 Å². The quantitative estimate of drug-likeness (QED) is 0.899. The lowest BCUT2D eigenvalue weighted by Gasteiger charge is -2.11. The number of nitrogens with two attached hydrogens (primary N) is 1. The second kappa shape index (κ2) is 5.17. The molecular formula is C13H14N2O3S2. The third-order valence-electron chi connectivity index (χ3n) is 3.14. The predicted molar refractivity (Wildman–Crippen MR) is 77.2 cm³/mol. The maximum absolute atomic E-state index is 12.3. The number of rotatable bonds is 4. The Morgan fingerprint density at radius 3 is 2.95 bits per heavy atom. The Labute approximate surface area is 121 Å². The van der Waals surface area contributed by atoms with Gasteiger partial charge >= 0.3 is 0 Å². The molecule has 0 spiro atoms. The fourth-order valence-electron chi connectivity index (χ4n) is 2.12. The van der Waals surface area contributed by atoms with Crippen molar-refractivity contribution in [3.05, 3.63) is 46.2 Å². The summed E-state index contributed by atoms with van der Waals surface area (Å²) in [6.07, 6.45) is 0. The van der Waals surface area contributed by atoms with Crippen LogP contribution >= 0.6 is 11.3 Å². The van der Waals surface area contributed by atoms with Gasteiger partial charge in [0, 0.05) is 22.4 Å². The standard InChI is InChI=1S/C13H14N2O3S2/c14-6-9-5-10(8-19-9)20(16,17)15-12-7-18-13-4-2-1-3-11(12)13/h1-5,8,12,15H,6-7,14H2. The van der Waals surface area contributed by atoms with Crippen molar-refractivity contribution in [2.24, 2.45) is 5.73 Å². The van der Waals surface area contributed by atoms with E-state index in [0.717, 1.165) is 16.2 Å². The van der Waals surface area contributed by atoms with E-state index >= 15 is 0 Å². The number of para-hydroxylation sites is 1. The number of hydrogen-bond acceptors (Lipinski definition) is 5. The van der Waals surface area contributed by atoms with Crippen molar-refractivity contribution in [3.8, 4) is 5.75 Å². The molecule has 1 aromatic carbocycles. The van der Waals surface area contributed by atoms with Crippen LogP contribution in [-0.4, -0.2) is 15.0 Å². The predicted octanol–water partition coefficient (Wildman–Crippen LogP) is 1.62. The molecule has 0 amide bonds. The van der Waals surface area contributed by atoms with Crippen molar-refractivity contribution in [2.75, 3.05) is 6.61 Å². The molecular weight excluding hydrogens is 296 g/mol. The van der Waals surface area contributed by atoms with E-state index in [-0.39, 0.29) is 10.9 Å². The first-order valence-corrected chi connectivity index (χ1v) is 8.48. The first-order chi connectivity index (χ1) is 9.60. The fraction of sp³-hybridized carbons (Fsp3) is 0.231. The number of hydrogen-bond donors (Lipinski definition) is 2. The fourth-order valence-corrected chi connectivity index (χ4v) is 4.48. The number of nitrogens with one attached hydrogen (secondary N) is 1. The topological polar surface area (TPSA) is 81.4 Å². The summed E-state index contributed by atoms with van der Waals surface area (Å²) in [6, 6.07) is 8.69. The van der Waals surface area contributed by atoms with Crippen LogP contribution in [0.15, 0.2) is 40.6 Å². The second-order valence-electron chi connectivity index (χ2n) is 4.48. The van der Waals surface area contributed by atoms with E-state index in [1.54, 1.807) is 11.4 Å². The van der Waals surface area contributed by atoms with Gasteiger partial charge < -0.3 is 10.5 Å². The van der Waals surface area contributed by atoms with Crippen LogP contribution in [0.5, 0.6) is 5.75 Å². The van der Waals surface area contributed by atoms with Crippen LogP contribution in [0.3, 0.4) is 0 Å². The molecule has 3 N–H and O–H groups in total. The number of fused-ring (bicyclic) bond motifs is 1. The van der Waals surface area contributed by atoms with Crippen molar-refractivity contribution < 1.29 is 13.2 Å². The smallest absolute Gasteiger partial charge is 0.242 e. The highest BCUT2D eigenvalue weighted by molar-refractivity contribution is 7.89. The molecule has 5 nitrogen and oxygen atoms in total. The van der Waals surface area contributed by atoms with Crippen molar-refractivity contribution in [1.82, 2.24) is 4.72 Å². The summed E-state index contributed by atoms with van der Waals surface area (Å²) in [6.45, 7) is 0.655. The van der Waals surface area contributed by atoms with E-state index in [0.29, 0.717) is 13.2 Å². The van der Waals surface area contributed by atoms with E-state index in [2.05, 4.69) is 4.72 Å². The number of benzene rings is 1. The minimum atomic E-state index is -3.55. The van der Waals surface area contributed by atoms with Gasteiger partial charge in [-0.15, -0.1) is 11.3 Å². The van der Waals surface area contributed by atoms with Crippen molar-refractivity contribution in [1.29, 1.82) is 0 Å². The van der Waals surface area contributed by atoms with E-state index in [1.165, 1.54) is 11.3 Å². The monoisotopic (exact) mass is 310 g/mol. The molecule has 0 saturated heterocycles. The highest BCUT2D eigenvalue weighted by Crippen LogP contribution is 2.33. The van der Waals surface area contributed by atoms with Crippen LogP contribution in [0.25, 0.3) is 0 Å². The summed E-state index contributed by atoms with van der Waals surface area (Å²) in [5.41, 5.74) is 6.37. The van der Waals surface area contributed by atoms with Crippen molar-refractivity contribution in [2.45, 2.75) is 17.5 Å². The van der Waals surface area contributed by atoms with Crippen molar-refractivity contribution >= 4 is 21.4 Å². The van der Waals surface area contributed by atoms with Crippen LogP contribution < -0.4 is 15.2 Å². The lowest BCUT2D eigenvalue weighted by Crippen LogP contribution is -2.29. The Morgan fingerprint density at radius 2 is 2.20 bits per heavy atom. The zero-order chi connectivity index (χ0) is 14.2. The molecule has 106 valence electrons. The van der Waals surface area contributed by atoms with Gasteiger partial charge in [0.25, 0.3) is 0 Å². The summed E-state index contributed by atoms with van der Waals surface area (Å²) >= 11 is 1.34. The molecule has 0 aliphatic carbocycles. The molecule has 0 bridgehead atoms. The van der Waals surface area contributed by atoms with Crippen LogP contribution in [0.1, 0.15) is 16.5 Å². The summed E-state index contributed by atoms with van der Waals surface area (Å²) < 4.78 is 32.8. The Balaban J connectivity index is 1.84. The SMILES string of the molecule is NCc1cc(S(=O)(=O)NC2COc3ccccc32)cs1. The molecule has 2 aromatic rings. The molecule has 0 saturated carbocycles. The first kappa shape index (κ1) is 13.6. The first-order valence-electron chi connectivity index (χ1n) is 6.11. The van der Waals surface area contributed by atoms with Gasteiger partial charge in [0.15, 0.2) is 0 Å². The molecule has 1 aliphatic heterocycles.